The zero-order valence-corrected chi connectivity index (χ0v) is 11.2. The molecule has 17 heavy (non-hydrogen) atoms. The molecule has 0 spiro atoms. The Morgan fingerprint density at radius 3 is 2.12 bits per heavy atom. The molecule has 94 valence electrons. The highest BCUT2D eigenvalue weighted by molar-refractivity contribution is 5.48. The molecule has 1 aliphatic heterocycles. The summed E-state index contributed by atoms with van der Waals surface area (Å²) < 4.78 is 0. The van der Waals surface area contributed by atoms with Crippen LogP contribution in [0.15, 0.2) is 24.3 Å². The van der Waals surface area contributed by atoms with Crippen molar-refractivity contribution < 1.29 is 0 Å². The molecule has 2 nitrogen and oxygen atoms in total. The largest absolute Gasteiger partial charge is 0.371 e. The molecule has 1 aromatic rings. The predicted molar refractivity (Wildman–Crippen MR) is 74.3 cm³/mol. The third kappa shape index (κ3) is 3.01. The fourth-order valence-electron chi connectivity index (χ4n) is 2.36. The molecule has 2 N–H and O–H groups in total. The maximum absolute atomic E-state index is 5.86. The second-order valence-corrected chi connectivity index (χ2v) is 6.03. The molecule has 0 amide bonds. The minimum Gasteiger partial charge on any atom is -0.371 e. The summed E-state index contributed by atoms with van der Waals surface area (Å²) in [7, 11) is 0. The first kappa shape index (κ1) is 12.4. The zero-order valence-electron chi connectivity index (χ0n) is 11.2. The van der Waals surface area contributed by atoms with Gasteiger partial charge in [0.2, 0.25) is 0 Å². The number of rotatable bonds is 2. The highest BCUT2D eigenvalue weighted by Gasteiger charge is 2.25. The van der Waals surface area contributed by atoms with Gasteiger partial charge in [-0.15, -0.1) is 0 Å². The Morgan fingerprint density at radius 2 is 1.65 bits per heavy atom. The van der Waals surface area contributed by atoms with Gasteiger partial charge < -0.3 is 10.6 Å². The molecule has 1 aromatic carbocycles. The molecule has 2 rings (SSSR count). The summed E-state index contributed by atoms with van der Waals surface area (Å²) in [5.74, 6) is 0. The summed E-state index contributed by atoms with van der Waals surface area (Å²) in [6.45, 7) is 9.10. The first-order chi connectivity index (χ1) is 7.98. The van der Waals surface area contributed by atoms with Gasteiger partial charge in [0, 0.05) is 24.8 Å². The van der Waals surface area contributed by atoms with Crippen LogP contribution in [0.25, 0.3) is 0 Å². The van der Waals surface area contributed by atoms with E-state index in [4.69, 9.17) is 5.73 Å². The smallest absolute Gasteiger partial charge is 0.0366 e. The molecule has 1 saturated heterocycles. The van der Waals surface area contributed by atoms with Gasteiger partial charge in [0.05, 0.1) is 0 Å². The van der Waals surface area contributed by atoms with Crippen molar-refractivity contribution in [2.75, 3.05) is 18.0 Å². The maximum Gasteiger partial charge on any atom is 0.0366 e. The fourth-order valence-corrected chi connectivity index (χ4v) is 2.36. The third-order valence-electron chi connectivity index (χ3n) is 3.90. The standard InChI is InChI=1S/C15H24N2/c1-12(16)13-4-6-14(7-5-13)17-10-8-15(2,3)9-11-17/h4-7,12H,8-11,16H2,1-3H3/t12-/m0/s1. The van der Waals surface area contributed by atoms with Gasteiger partial charge in [-0.3, -0.25) is 0 Å². The van der Waals surface area contributed by atoms with E-state index < -0.39 is 0 Å². The van der Waals surface area contributed by atoms with E-state index >= 15 is 0 Å². The van der Waals surface area contributed by atoms with Crippen molar-refractivity contribution in [1.29, 1.82) is 0 Å². The minimum atomic E-state index is 0.129. The molecule has 1 aliphatic rings. The van der Waals surface area contributed by atoms with Crippen LogP contribution in [-0.4, -0.2) is 13.1 Å². The molecule has 0 saturated carbocycles. The molecule has 0 aliphatic carbocycles. The summed E-state index contributed by atoms with van der Waals surface area (Å²) in [5.41, 5.74) is 8.93. The van der Waals surface area contributed by atoms with Crippen LogP contribution in [0.3, 0.4) is 0 Å². The number of hydrogen-bond donors (Lipinski definition) is 1. The Kier molecular flexibility index (Phi) is 3.43. The van der Waals surface area contributed by atoms with E-state index in [1.807, 2.05) is 6.92 Å². The lowest BCUT2D eigenvalue weighted by Gasteiger charge is -2.38. The first-order valence-corrected chi connectivity index (χ1v) is 6.58. The SMILES string of the molecule is C[C@H](N)c1ccc(N2CCC(C)(C)CC2)cc1. The van der Waals surface area contributed by atoms with Crippen molar-refractivity contribution >= 4 is 5.69 Å². The Morgan fingerprint density at radius 1 is 1.12 bits per heavy atom. The molecule has 1 heterocycles. The zero-order chi connectivity index (χ0) is 12.5. The van der Waals surface area contributed by atoms with E-state index in [2.05, 4.69) is 43.0 Å². The summed E-state index contributed by atoms with van der Waals surface area (Å²) in [6, 6.07) is 8.84. The van der Waals surface area contributed by atoms with Crippen LogP contribution in [0.4, 0.5) is 5.69 Å². The van der Waals surface area contributed by atoms with Crippen molar-refractivity contribution in [3.63, 3.8) is 0 Å². The Labute approximate surface area is 105 Å². The maximum atomic E-state index is 5.86. The van der Waals surface area contributed by atoms with Gasteiger partial charge in [-0.25, -0.2) is 0 Å². The van der Waals surface area contributed by atoms with Gasteiger partial charge in [0.25, 0.3) is 0 Å². The van der Waals surface area contributed by atoms with Crippen LogP contribution in [-0.2, 0) is 0 Å². The van der Waals surface area contributed by atoms with Crippen LogP contribution in [0.2, 0.25) is 0 Å². The summed E-state index contributed by atoms with van der Waals surface area (Å²) >= 11 is 0. The molecule has 2 heteroatoms. The second-order valence-electron chi connectivity index (χ2n) is 6.03. The van der Waals surface area contributed by atoms with Crippen molar-refractivity contribution in [2.45, 2.75) is 39.7 Å². The summed E-state index contributed by atoms with van der Waals surface area (Å²) in [6.07, 6.45) is 2.56. The van der Waals surface area contributed by atoms with Crippen molar-refractivity contribution in [1.82, 2.24) is 0 Å². The average molecular weight is 232 g/mol. The molecule has 1 atom stereocenters. The number of hydrogen-bond acceptors (Lipinski definition) is 2. The van der Waals surface area contributed by atoms with Crippen molar-refractivity contribution in [3.05, 3.63) is 29.8 Å². The molecule has 1 fully saturated rings. The van der Waals surface area contributed by atoms with E-state index in [1.165, 1.54) is 37.2 Å². The van der Waals surface area contributed by atoms with Crippen LogP contribution >= 0.6 is 0 Å². The van der Waals surface area contributed by atoms with Crippen LogP contribution < -0.4 is 10.6 Å². The fraction of sp³-hybridized carbons (Fsp3) is 0.600. The Bertz CT molecular complexity index is 355. The minimum absolute atomic E-state index is 0.129. The van der Waals surface area contributed by atoms with Gasteiger partial charge in [-0.05, 0) is 42.9 Å². The average Bonchev–Trinajstić information content (AvgIpc) is 2.29. The van der Waals surface area contributed by atoms with Gasteiger partial charge in [-0.1, -0.05) is 26.0 Å². The van der Waals surface area contributed by atoms with E-state index in [1.54, 1.807) is 0 Å². The lowest BCUT2D eigenvalue weighted by molar-refractivity contribution is 0.280. The number of anilines is 1. The van der Waals surface area contributed by atoms with Gasteiger partial charge >= 0.3 is 0 Å². The topological polar surface area (TPSA) is 29.3 Å². The van der Waals surface area contributed by atoms with Crippen molar-refractivity contribution in [2.24, 2.45) is 11.1 Å². The van der Waals surface area contributed by atoms with E-state index in [0.717, 1.165) is 0 Å². The van der Waals surface area contributed by atoms with Crippen LogP contribution in [0, 0.1) is 5.41 Å². The molecule has 0 radical (unpaired) electrons. The summed E-state index contributed by atoms with van der Waals surface area (Å²) in [5, 5.41) is 0. The first-order valence-electron chi connectivity index (χ1n) is 6.58. The number of piperidine rings is 1. The predicted octanol–water partition coefficient (Wildman–Crippen LogP) is 3.33. The van der Waals surface area contributed by atoms with E-state index in [9.17, 15) is 0 Å². The molecular weight excluding hydrogens is 208 g/mol. The number of nitrogens with two attached hydrogens (primary N) is 1. The van der Waals surface area contributed by atoms with Crippen LogP contribution in [0.1, 0.15) is 45.2 Å². The van der Waals surface area contributed by atoms with Crippen LogP contribution in [0.5, 0.6) is 0 Å². The second kappa shape index (κ2) is 4.69. The van der Waals surface area contributed by atoms with Gasteiger partial charge in [-0.2, -0.15) is 0 Å². The van der Waals surface area contributed by atoms with E-state index in [0.29, 0.717) is 5.41 Å². The van der Waals surface area contributed by atoms with Gasteiger partial charge in [0.15, 0.2) is 0 Å². The monoisotopic (exact) mass is 232 g/mol. The lowest BCUT2D eigenvalue weighted by Crippen LogP contribution is -2.37. The highest BCUT2D eigenvalue weighted by atomic mass is 15.1. The number of benzene rings is 1. The van der Waals surface area contributed by atoms with E-state index in [-0.39, 0.29) is 6.04 Å². The Hall–Kier alpha value is -1.02. The molecule has 0 unspecified atom stereocenters. The number of nitrogens with zero attached hydrogens (tertiary/aromatic N) is 1. The molecular formula is C15H24N2. The molecule has 0 bridgehead atoms. The third-order valence-corrected chi connectivity index (χ3v) is 3.90. The Balaban J connectivity index is 2.04. The lowest BCUT2D eigenvalue weighted by atomic mass is 9.82. The van der Waals surface area contributed by atoms with Gasteiger partial charge in [0.1, 0.15) is 0 Å². The molecule has 0 aromatic heterocycles. The summed E-state index contributed by atoms with van der Waals surface area (Å²) in [4.78, 5) is 2.48. The normalized spacial score (nSPS) is 21.3. The van der Waals surface area contributed by atoms with Crippen molar-refractivity contribution in [3.8, 4) is 0 Å². The quantitative estimate of drug-likeness (QED) is 0.847. The highest BCUT2D eigenvalue weighted by Crippen LogP contribution is 2.32.